The van der Waals surface area contributed by atoms with Gasteiger partial charge in [-0.3, -0.25) is 9.69 Å². The molecule has 3 rings (SSSR count). The van der Waals surface area contributed by atoms with E-state index in [0.29, 0.717) is 26.0 Å². The minimum atomic E-state index is -0.736. The number of rotatable bonds is 4. The van der Waals surface area contributed by atoms with E-state index in [2.05, 4.69) is 4.90 Å². The highest BCUT2D eigenvalue weighted by atomic mass is 16.6. The van der Waals surface area contributed by atoms with E-state index in [1.807, 2.05) is 31.2 Å². The molecular weight excluding hydrogens is 270 g/mol. The van der Waals surface area contributed by atoms with Crippen LogP contribution in [0.25, 0.3) is 0 Å². The zero-order chi connectivity index (χ0) is 14.9. The van der Waals surface area contributed by atoms with E-state index < -0.39 is 11.5 Å². The molecule has 1 aromatic rings. The molecule has 114 valence electrons. The van der Waals surface area contributed by atoms with E-state index in [1.54, 1.807) is 0 Å². The van der Waals surface area contributed by atoms with Crippen molar-refractivity contribution in [3.63, 3.8) is 0 Å². The molecule has 2 aliphatic heterocycles. The number of ether oxygens (including phenoxy) is 2. The molecule has 0 radical (unpaired) electrons. The number of carboxylic acids is 1. The normalized spacial score (nSPS) is 28.5. The smallest absolute Gasteiger partial charge is 0.324 e. The van der Waals surface area contributed by atoms with Crippen molar-refractivity contribution in [2.24, 2.45) is 0 Å². The number of aliphatic carboxylic acids is 1. The van der Waals surface area contributed by atoms with Gasteiger partial charge in [0.2, 0.25) is 0 Å². The highest BCUT2D eigenvalue weighted by molar-refractivity contribution is 5.79. The highest BCUT2D eigenvalue weighted by Gasteiger charge is 2.47. The summed E-state index contributed by atoms with van der Waals surface area (Å²) in [7, 11) is 0. The third-order valence-electron chi connectivity index (χ3n) is 4.60. The quantitative estimate of drug-likeness (QED) is 0.921. The summed E-state index contributed by atoms with van der Waals surface area (Å²) in [6, 6.07) is 7.59. The minimum absolute atomic E-state index is 0.122. The van der Waals surface area contributed by atoms with E-state index in [-0.39, 0.29) is 6.10 Å². The summed E-state index contributed by atoms with van der Waals surface area (Å²) in [5.41, 5.74) is -0.736. The van der Waals surface area contributed by atoms with E-state index in [1.165, 1.54) is 0 Å². The molecule has 0 amide bonds. The molecule has 2 aliphatic rings. The minimum Gasteiger partial charge on any atom is -0.486 e. The summed E-state index contributed by atoms with van der Waals surface area (Å²) in [5.74, 6) is 0.778. The molecule has 0 aromatic heterocycles. The number of benzene rings is 1. The Kier molecular flexibility index (Phi) is 3.76. The van der Waals surface area contributed by atoms with Crippen LogP contribution in [0.4, 0.5) is 0 Å². The Morgan fingerprint density at radius 2 is 2.19 bits per heavy atom. The van der Waals surface area contributed by atoms with Crippen LogP contribution in [0, 0.1) is 0 Å². The summed E-state index contributed by atoms with van der Waals surface area (Å²) >= 11 is 0. The number of likely N-dealkylation sites (tertiary alicyclic amines) is 1. The molecule has 0 saturated carbocycles. The summed E-state index contributed by atoms with van der Waals surface area (Å²) in [5, 5.41) is 9.61. The molecule has 2 atom stereocenters. The van der Waals surface area contributed by atoms with Crippen LogP contribution in [0.5, 0.6) is 11.5 Å². The van der Waals surface area contributed by atoms with E-state index in [4.69, 9.17) is 9.47 Å². The standard InChI is InChI=1S/C16H21NO4/c1-2-16(15(18)19)8-5-9-17(16)10-12-11-20-13-6-3-4-7-14(13)21-12/h3-4,6-7,12H,2,5,8-11H2,1H3,(H,18,19). The lowest BCUT2D eigenvalue weighted by Gasteiger charge is -2.37. The van der Waals surface area contributed by atoms with Gasteiger partial charge >= 0.3 is 5.97 Å². The van der Waals surface area contributed by atoms with Crippen LogP contribution in [0.2, 0.25) is 0 Å². The van der Waals surface area contributed by atoms with Gasteiger partial charge in [0.25, 0.3) is 0 Å². The molecule has 0 aliphatic carbocycles. The van der Waals surface area contributed by atoms with Crippen molar-refractivity contribution in [2.75, 3.05) is 19.7 Å². The fourth-order valence-electron chi connectivity index (χ4n) is 3.39. The Morgan fingerprint density at radius 3 is 2.90 bits per heavy atom. The van der Waals surface area contributed by atoms with Gasteiger partial charge in [-0.1, -0.05) is 19.1 Å². The largest absolute Gasteiger partial charge is 0.486 e. The van der Waals surface area contributed by atoms with Crippen molar-refractivity contribution in [3.05, 3.63) is 24.3 Å². The van der Waals surface area contributed by atoms with Crippen LogP contribution in [-0.2, 0) is 4.79 Å². The number of nitrogens with zero attached hydrogens (tertiary/aromatic N) is 1. The molecule has 1 fully saturated rings. The Labute approximate surface area is 124 Å². The van der Waals surface area contributed by atoms with E-state index in [9.17, 15) is 9.90 Å². The summed E-state index contributed by atoms with van der Waals surface area (Å²) in [6.07, 6.45) is 2.13. The van der Waals surface area contributed by atoms with Gasteiger partial charge in [0, 0.05) is 6.54 Å². The number of fused-ring (bicyclic) bond motifs is 1. The maximum atomic E-state index is 11.7. The highest BCUT2D eigenvalue weighted by Crippen LogP contribution is 2.35. The summed E-state index contributed by atoms with van der Waals surface area (Å²) in [6.45, 7) is 3.81. The molecular formula is C16H21NO4. The van der Waals surface area contributed by atoms with Crippen LogP contribution in [-0.4, -0.2) is 47.3 Å². The topological polar surface area (TPSA) is 59.0 Å². The second-order valence-corrected chi connectivity index (χ2v) is 5.74. The van der Waals surface area contributed by atoms with Crippen molar-refractivity contribution < 1.29 is 19.4 Å². The van der Waals surface area contributed by atoms with Crippen molar-refractivity contribution in [3.8, 4) is 11.5 Å². The lowest BCUT2D eigenvalue weighted by atomic mass is 9.93. The third kappa shape index (κ3) is 2.46. The van der Waals surface area contributed by atoms with Gasteiger partial charge in [-0.05, 0) is 37.9 Å². The lowest BCUT2D eigenvalue weighted by molar-refractivity contribution is -0.150. The van der Waals surface area contributed by atoms with Crippen LogP contribution in [0.3, 0.4) is 0 Å². The van der Waals surface area contributed by atoms with Gasteiger partial charge in [0.1, 0.15) is 18.2 Å². The van der Waals surface area contributed by atoms with Gasteiger partial charge in [-0.25, -0.2) is 0 Å². The van der Waals surface area contributed by atoms with Gasteiger partial charge < -0.3 is 14.6 Å². The van der Waals surface area contributed by atoms with Gasteiger partial charge in [0.05, 0.1) is 0 Å². The second kappa shape index (κ2) is 5.56. The predicted molar refractivity (Wildman–Crippen MR) is 77.8 cm³/mol. The van der Waals surface area contributed by atoms with Crippen molar-refractivity contribution in [1.29, 1.82) is 0 Å². The number of para-hydroxylation sites is 2. The maximum Gasteiger partial charge on any atom is 0.324 e. The monoisotopic (exact) mass is 291 g/mol. The first-order chi connectivity index (χ1) is 10.2. The Balaban J connectivity index is 1.71. The average Bonchev–Trinajstić information content (AvgIpc) is 2.91. The van der Waals surface area contributed by atoms with Gasteiger partial charge in [-0.2, -0.15) is 0 Å². The molecule has 1 N–H and O–H groups in total. The van der Waals surface area contributed by atoms with Crippen molar-refractivity contribution in [2.45, 2.75) is 37.8 Å². The molecule has 5 heteroatoms. The molecule has 21 heavy (non-hydrogen) atoms. The van der Waals surface area contributed by atoms with E-state index >= 15 is 0 Å². The van der Waals surface area contributed by atoms with Crippen LogP contribution in [0.1, 0.15) is 26.2 Å². The average molecular weight is 291 g/mol. The zero-order valence-electron chi connectivity index (χ0n) is 12.2. The van der Waals surface area contributed by atoms with Crippen LogP contribution < -0.4 is 9.47 Å². The summed E-state index contributed by atoms with van der Waals surface area (Å²) in [4.78, 5) is 13.7. The fraction of sp³-hybridized carbons (Fsp3) is 0.562. The first-order valence-electron chi connectivity index (χ1n) is 7.52. The Bertz CT molecular complexity index is 533. The predicted octanol–water partition coefficient (Wildman–Crippen LogP) is 2.16. The maximum absolute atomic E-state index is 11.7. The van der Waals surface area contributed by atoms with Crippen molar-refractivity contribution in [1.82, 2.24) is 4.90 Å². The van der Waals surface area contributed by atoms with Crippen molar-refractivity contribution >= 4 is 5.97 Å². The fourth-order valence-corrected chi connectivity index (χ4v) is 3.39. The Hall–Kier alpha value is -1.75. The number of hydrogen-bond acceptors (Lipinski definition) is 4. The second-order valence-electron chi connectivity index (χ2n) is 5.74. The molecule has 0 bridgehead atoms. The third-order valence-corrected chi connectivity index (χ3v) is 4.60. The number of carboxylic acid groups (broad SMARTS) is 1. The molecule has 1 saturated heterocycles. The number of carbonyl (C=O) groups is 1. The first kappa shape index (κ1) is 14.2. The van der Waals surface area contributed by atoms with Crippen LogP contribution >= 0.6 is 0 Å². The first-order valence-corrected chi connectivity index (χ1v) is 7.52. The SMILES string of the molecule is CCC1(C(=O)O)CCCN1CC1COc2ccccc2O1. The molecule has 2 unspecified atom stereocenters. The molecule has 1 aromatic carbocycles. The van der Waals surface area contributed by atoms with E-state index in [0.717, 1.165) is 24.5 Å². The lowest BCUT2D eigenvalue weighted by Crippen LogP contribution is -2.54. The molecule has 2 heterocycles. The summed E-state index contributed by atoms with van der Waals surface area (Å²) < 4.78 is 11.7. The van der Waals surface area contributed by atoms with Gasteiger partial charge in [0.15, 0.2) is 11.5 Å². The molecule has 5 nitrogen and oxygen atoms in total. The Morgan fingerprint density at radius 1 is 1.43 bits per heavy atom. The molecule has 0 spiro atoms. The van der Waals surface area contributed by atoms with Gasteiger partial charge in [-0.15, -0.1) is 0 Å². The van der Waals surface area contributed by atoms with Crippen LogP contribution in [0.15, 0.2) is 24.3 Å². The number of hydrogen-bond donors (Lipinski definition) is 1. The zero-order valence-corrected chi connectivity index (χ0v) is 12.2.